The van der Waals surface area contributed by atoms with Gasteiger partial charge in [0, 0.05) is 49.8 Å². The normalized spacial score (nSPS) is 19.7. The molecule has 2 aliphatic rings. The summed E-state index contributed by atoms with van der Waals surface area (Å²) in [5.74, 6) is 2.71. The van der Waals surface area contributed by atoms with Gasteiger partial charge in [0.1, 0.15) is 17.6 Å². The zero-order valence-electron chi connectivity index (χ0n) is 17.9. The number of methoxy groups -OCH3 is 1. The van der Waals surface area contributed by atoms with E-state index < -0.39 is 0 Å². The monoisotopic (exact) mass is 514 g/mol. The van der Waals surface area contributed by atoms with Gasteiger partial charge in [-0.05, 0) is 38.8 Å². The van der Waals surface area contributed by atoms with Crippen molar-refractivity contribution in [3.05, 3.63) is 35.9 Å². The molecule has 1 aromatic rings. The highest BCUT2D eigenvalue weighted by Crippen LogP contribution is 2.35. The Hall–Kier alpha value is -1.48. The molecule has 0 aliphatic carbocycles. The van der Waals surface area contributed by atoms with Crippen LogP contribution in [0.15, 0.2) is 29.8 Å². The number of guanidine groups is 1. The van der Waals surface area contributed by atoms with Crippen LogP contribution in [0.5, 0.6) is 11.5 Å². The van der Waals surface area contributed by atoms with Crippen molar-refractivity contribution in [2.24, 2.45) is 4.99 Å². The fourth-order valence-corrected chi connectivity index (χ4v) is 3.92. The summed E-state index contributed by atoms with van der Waals surface area (Å²) in [5.41, 5.74) is 2.27. The lowest BCUT2D eigenvalue weighted by molar-refractivity contribution is 0.225. The molecule has 6 nitrogen and oxygen atoms in total. The number of fused-ring (bicyclic) bond motifs is 1. The lowest BCUT2D eigenvalue weighted by atomic mass is 10.1. The fraction of sp³-hybridized carbons (Fsp3) is 0.591. The van der Waals surface area contributed by atoms with Gasteiger partial charge in [0.25, 0.3) is 0 Å². The predicted octanol–water partition coefficient (Wildman–Crippen LogP) is 3.34. The summed E-state index contributed by atoms with van der Waals surface area (Å²) < 4.78 is 11.5. The molecule has 2 aliphatic heterocycles. The molecule has 1 aromatic carbocycles. The molecular formula is C22H35IN4O2. The van der Waals surface area contributed by atoms with Crippen molar-refractivity contribution in [3.8, 4) is 11.5 Å². The lowest BCUT2D eigenvalue weighted by Gasteiger charge is -2.32. The van der Waals surface area contributed by atoms with Gasteiger partial charge in [-0.1, -0.05) is 6.08 Å². The second kappa shape index (κ2) is 11.6. The van der Waals surface area contributed by atoms with Crippen molar-refractivity contribution in [2.75, 3.05) is 33.3 Å². The molecule has 2 N–H and O–H groups in total. The lowest BCUT2D eigenvalue weighted by Crippen LogP contribution is -2.48. The minimum atomic E-state index is 0. The van der Waals surface area contributed by atoms with Crippen molar-refractivity contribution in [2.45, 2.75) is 51.8 Å². The largest absolute Gasteiger partial charge is 0.496 e. The molecular weight excluding hydrogens is 479 g/mol. The van der Waals surface area contributed by atoms with Gasteiger partial charge >= 0.3 is 0 Å². The number of nitrogens with one attached hydrogen (secondary N) is 2. The van der Waals surface area contributed by atoms with E-state index >= 15 is 0 Å². The van der Waals surface area contributed by atoms with Crippen molar-refractivity contribution in [1.82, 2.24) is 15.5 Å². The minimum absolute atomic E-state index is 0. The third kappa shape index (κ3) is 6.50. The molecule has 7 heteroatoms. The molecule has 0 bridgehead atoms. The molecule has 3 rings (SSSR count). The number of likely N-dealkylation sites (tertiary alicyclic amines) is 1. The molecule has 2 heterocycles. The zero-order chi connectivity index (χ0) is 19.9. The Morgan fingerprint density at radius 3 is 2.79 bits per heavy atom. The van der Waals surface area contributed by atoms with Crippen LogP contribution in [-0.4, -0.2) is 56.3 Å². The first-order chi connectivity index (χ1) is 13.6. The number of hydrogen-bond acceptors (Lipinski definition) is 4. The van der Waals surface area contributed by atoms with Crippen LogP contribution in [0, 0.1) is 0 Å². The van der Waals surface area contributed by atoms with Crippen molar-refractivity contribution < 1.29 is 9.47 Å². The summed E-state index contributed by atoms with van der Waals surface area (Å²) in [6.07, 6.45) is 5.38. The molecule has 0 amide bonds. The third-order valence-corrected chi connectivity index (χ3v) is 5.37. The SMILES string of the molecule is C=CCN1CCC(NC(=NCc2cc3c(cc2OC)CC(C)O3)NCC)CC1.I. The first-order valence-corrected chi connectivity index (χ1v) is 10.4. The molecule has 1 unspecified atom stereocenters. The van der Waals surface area contributed by atoms with Crippen LogP contribution in [0.25, 0.3) is 0 Å². The smallest absolute Gasteiger partial charge is 0.191 e. The summed E-state index contributed by atoms with van der Waals surface area (Å²) in [7, 11) is 1.72. The standard InChI is InChI=1S/C22H34N4O2.HI/c1-5-9-26-10-7-19(8-11-26)25-22(23-6-2)24-15-18-14-21-17(12-16(3)28-21)13-20(18)27-4;/h5,13-14,16,19H,1,6-12,15H2,2-4H3,(H2,23,24,25);1H. The Morgan fingerprint density at radius 1 is 1.38 bits per heavy atom. The first kappa shape index (κ1) is 23.8. The molecule has 1 atom stereocenters. The third-order valence-electron chi connectivity index (χ3n) is 5.37. The van der Waals surface area contributed by atoms with E-state index in [1.165, 1.54) is 5.56 Å². The summed E-state index contributed by atoms with van der Waals surface area (Å²) in [5, 5.41) is 6.97. The van der Waals surface area contributed by atoms with Gasteiger partial charge in [-0.2, -0.15) is 0 Å². The maximum absolute atomic E-state index is 5.91. The van der Waals surface area contributed by atoms with E-state index in [9.17, 15) is 0 Å². The van der Waals surface area contributed by atoms with Crippen molar-refractivity contribution in [1.29, 1.82) is 0 Å². The van der Waals surface area contributed by atoms with E-state index in [2.05, 4.69) is 48.1 Å². The molecule has 0 saturated carbocycles. The number of rotatable bonds is 7. The van der Waals surface area contributed by atoms with Gasteiger partial charge in [-0.15, -0.1) is 30.6 Å². The second-order valence-corrected chi connectivity index (χ2v) is 7.61. The quantitative estimate of drug-likeness (QED) is 0.253. The van der Waals surface area contributed by atoms with Gasteiger partial charge < -0.3 is 20.1 Å². The van der Waals surface area contributed by atoms with E-state index in [-0.39, 0.29) is 30.1 Å². The average Bonchev–Trinajstić information content (AvgIpc) is 3.06. The van der Waals surface area contributed by atoms with Gasteiger partial charge in [0.15, 0.2) is 5.96 Å². The van der Waals surface area contributed by atoms with E-state index in [0.29, 0.717) is 12.6 Å². The van der Waals surface area contributed by atoms with E-state index in [4.69, 9.17) is 14.5 Å². The Bertz CT molecular complexity index is 702. The first-order valence-electron chi connectivity index (χ1n) is 10.4. The van der Waals surface area contributed by atoms with Crippen LogP contribution in [0.1, 0.15) is 37.8 Å². The highest BCUT2D eigenvalue weighted by molar-refractivity contribution is 14.0. The Labute approximate surface area is 192 Å². The van der Waals surface area contributed by atoms with Crippen LogP contribution in [0.2, 0.25) is 0 Å². The highest BCUT2D eigenvalue weighted by Gasteiger charge is 2.22. The van der Waals surface area contributed by atoms with Crippen molar-refractivity contribution in [3.63, 3.8) is 0 Å². The number of benzene rings is 1. The Kier molecular flexibility index (Phi) is 9.55. The van der Waals surface area contributed by atoms with Crippen LogP contribution in [0.3, 0.4) is 0 Å². The Morgan fingerprint density at radius 2 is 2.14 bits per heavy atom. The van der Waals surface area contributed by atoms with Gasteiger partial charge in [-0.3, -0.25) is 4.90 Å². The van der Waals surface area contributed by atoms with Crippen LogP contribution >= 0.6 is 24.0 Å². The number of halogens is 1. The maximum atomic E-state index is 5.91. The molecule has 0 radical (unpaired) electrons. The summed E-state index contributed by atoms with van der Waals surface area (Å²) in [6, 6.07) is 4.63. The fourth-order valence-electron chi connectivity index (χ4n) is 3.92. The number of aliphatic imine (C=N–C) groups is 1. The average molecular weight is 514 g/mol. The second-order valence-electron chi connectivity index (χ2n) is 7.61. The number of ether oxygens (including phenoxy) is 2. The topological polar surface area (TPSA) is 58.1 Å². The van der Waals surface area contributed by atoms with Crippen LogP contribution in [-0.2, 0) is 13.0 Å². The summed E-state index contributed by atoms with van der Waals surface area (Å²) >= 11 is 0. The molecule has 29 heavy (non-hydrogen) atoms. The van der Waals surface area contributed by atoms with Crippen LogP contribution in [0.4, 0.5) is 0 Å². The van der Waals surface area contributed by atoms with Crippen molar-refractivity contribution >= 4 is 29.9 Å². The minimum Gasteiger partial charge on any atom is -0.496 e. The van der Waals surface area contributed by atoms with Gasteiger partial charge in [-0.25, -0.2) is 4.99 Å². The number of piperidine rings is 1. The van der Waals surface area contributed by atoms with E-state index in [0.717, 1.165) is 68.5 Å². The Balaban J connectivity index is 0.00000300. The molecule has 0 aromatic heterocycles. The van der Waals surface area contributed by atoms with E-state index in [1.807, 2.05) is 6.08 Å². The van der Waals surface area contributed by atoms with E-state index in [1.54, 1.807) is 7.11 Å². The molecule has 1 saturated heterocycles. The maximum Gasteiger partial charge on any atom is 0.191 e. The molecule has 1 fully saturated rings. The summed E-state index contributed by atoms with van der Waals surface area (Å²) in [6.45, 7) is 12.6. The zero-order valence-corrected chi connectivity index (χ0v) is 20.2. The van der Waals surface area contributed by atoms with Gasteiger partial charge in [0.2, 0.25) is 0 Å². The highest BCUT2D eigenvalue weighted by atomic mass is 127. The molecule has 0 spiro atoms. The summed E-state index contributed by atoms with van der Waals surface area (Å²) in [4.78, 5) is 7.25. The van der Waals surface area contributed by atoms with Crippen LogP contribution < -0.4 is 20.1 Å². The number of hydrogen-bond donors (Lipinski definition) is 2. The van der Waals surface area contributed by atoms with Gasteiger partial charge in [0.05, 0.1) is 13.7 Å². The predicted molar refractivity (Wildman–Crippen MR) is 130 cm³/mol. The molecule has 162 valence electrons. The number of nitrogens with zero attached hydrogens (tertiary/aromatic N) is 2.